The van der Waals surface area contributed by atoms with Gasteiger partial charge in [-0.05, 0) is 48.3 Å². The topological polar surface area (TPSA) is 0 Å². The summed E-state index contributed by atoms with van der Waals surface area (Å²) in [7, 11) is 6.08. The molecule has 0 amide bonds. The number of hydrogen-bond donors (Lipinski definition) is 0. The van der Waals surface area contributed by atoms with Gasteiger partial charge in [-0.15, -0.1) is 18.5 Å². The molecule has 0 aliphatic carbocycles. The third-order valence-electron chi connectivity index (χ3n) is 6.03. The van der Waals surface area contributed by atoms with Crippen LogP contribution in [0.4, 0.5) is 0 Å². The van der Waals surface area contributed by atoms with E-state index >= 15 is 0 Å². The van der Waals surface area contributed by atoms with Gasteiger partial charge >= 0.3 is 0 Å². The van der Waals surface area contributed by atoms with Crippen molar-refractivity contribution in [1.29, 1.82) is 0 Å². The molecule has 0 saturated carbocycles. The smallest absolute Gasteiger partial charge is 0.00726 e. The third kappa shape index (κ3) is 13.9. The van der Waals surface area contributed by atoms with Crippen LogP contribution in [0.25, 0.3) is 0 Å². The van der Waals surface area contributed by atoms with Crippen LogP contribution in [0.1, 0.15) is 95.9 Å². The van der Waals surface area contributed by atoms with Crippen molar-refractivity contribution in [3.8, 4) is 0 Å². The van der Waals surface area contributed by atoms with Crippen LogP contribution in [-0.4, -0.2) is 10.3 Å². The summed E-state index contributed by atoms with van der Waals surface area (Å²) in [6, 6.07) is 0. The Kier molecular flexibility index (Phi) is 19.8. The third-order valence-corrected chi connectivity index (χ3v) is 9.08. The number of allylic oxidation sites excluding steroid dienone is 4. The molecule has 0 spiro atoms. The molecule has 0 heterocycles. The van der Waals surface area contributed by atoms with Gasteiger partial charge in [0.2, 0.25) is 0 Å². The van der Waals surface area contributed by atoms with Crippen molar-refractivity contribution < 1.29 is 20.4 Å². The summed E-state index contributed by atoms with van der Waals surface area (Å²) in [4.78, 5) is 0. The van der Waals surface area contributed by atoms with E-state index in [0.717, 1.165) is 11.8 Å². The minimum Gasteiger partial charge on any atom is -0.126 e. The first-order chi connectivity index (χ1) is 12.6. The summed E-state index contributed by atoms with van der Waals surface area (Å²) in [5.74, 6) is 4.23. The van der Waals surface area contributed by atoms with Crippen molar-refractivity contribution >= 4 is 18.5 Å². The molecule has 2 atom stereocenters. The molecular weight excluding hydrogens is 481 g/mol. The van der Waals surface area contributed by atoms with E-state index in [1.807, 2.05) is 0 Å². The summed E-state index contributed by atoms with van der Waals surface area (Å²) in [6.45, 7) is 27.4. The summed E-state index contributed by atoms with van der Waals surface area (Å²) in [6.07, 6.45) is 11.9. The molecule has 0 radical (unpaired) electrons. The molecule has 0 aliphatic heterocycles. The van der Waals surface area contributed by atoms with E-state index in [2.05, 4.69) is 126 Å². The molecule has 3 heteroatoms. The molecule has 0 saturated heterocycles. The van der Waals surface area contributed by atoms with E-state index in [1.54, 1.807) is 0 Å². The van der Waals surface area contributed by atoms with Crippen molar-refractivity contribution in [3.63, 3.8) is 0 Å². The monoisotopic (exact) mass is 534 g/mol. The van der Waals surface area contributed by atoms with E-state index in [1.165, 1.54) is 12.8 Å². The van der Waals surface area contributed by atoms with Crippen LogP contribution >= 0.6 is 18.5 Å². The fraction of sp³-hybridized carbons (Fsp3) is 0.846. The summed E-state index contributed by atoms with van der Waals surface area (Å²) in [5, 5.41) is 0.545. The molecule has 0 aromatic rings. The first-order valence-electron chi connectivity index (χ1n) is 11.5. The van der Waals surface area contributed by atoms with Crippen molar-refractivity contribution in [1.82, 2.24) is 0 Å². The van der Waals surface area contributed by atoms with Crippen LogP contribution in [0.15, 0.2) is 24.3 Å². The minimum absolute atomic E-state index is 0. The minimum atomic E-state index is 0. The molecule has 0 aromatic heterocycles. The van der Waals surface area contributed by atoms with Crippen molar-refractivity contribution in [2.24, 2.45) is 35.5 Å². The van der Waals surface area contributed by atoms with Crippen LogP contribution in [0, 0.1) is 35.5 Å². The average Bonchev–Trinajstić information content (AvgIpc) is 2.53. The molecule has 0 aliphatic rings. The second-order valence-corrected chi connectivity index (χ2v) is 12.7. The second-order valence-electron chi connectivity index (χ2n) is 10.7. The van der Waals surface area contributed by atoms with E-state index in [-0.39, 0.29) is 30.7 Å². The molecular formula is C26H54P2Pd. The van der Waals surface area contributed by atoms with Gasteiger partial charge in [0.05, 0.1) is 0 Å². The number of rotatable bonds is 10. The van der Waals surface area contributed by atoms with Gasteiger partial charge in [-0.25, -0.2) is 0 Å². The SMILES string of the molecule is CC(C)CC=CC(P)(C(C)C)C(C)C.CC(C)CC=CC(P)(C(C)C)C(C)C.[Pd]. The van der Waals surface area contributed by atoms with Crippen LogP contribution < -0.4 is 0 Å². The van der Waals surface area contributed by atoms with Gasteiger partial charge < -0.3 is 0 Å². The maximum Gasteiger partial charge on any atom is 0.00726 e. The zero-order valence-electron chi connectivity index (χ0n) is 21.7. The van der Waals surface area contributed by atoms with Crippen LogP contribution in [-0.2, 0) is 20.4 Å². The molecule has 0 bridgehead atoms. The van der Waals surface area contributed by atoms with Gasteiger partial charge in [0.1, 0.15) is 0 Å². The fourth-order valence-corrected chi connectivity index (χ4v) is 3.46. The van der Waals surface area contributed by atoms with E-state index < -0.39 is 0 Å². The molecule has 0 fully saturated rings. The standard InChI is InChI=1S/2C13H27P.Pd/c2*1-10(2)8-7-9-13(14,11(3)4)12(5)6;/h2*7,9-12H,8,14H2,1-6H3;. The Morgan fingerprint density at radius 3 is 0.862 bits per heavy atom. The summed E-state index contributed by atoms with van der Waals surface area (Å²) >= 11 is 0. The first kappa shape index (κ1) is 34.6. The Bertz CT molecular complexity index is 388. The molecule has 0 aromatic carbocycles. The molecule has 178 valence electrons. The fourth-order valence-electron chi connectivity index (χ4n) is 3.19. The zero-order chi connectivity index (χ0) is 22.7. The van der Waals surface area contributed by atoms with Crippen LogP contribution in [0.5, 0.6) is 0 Å². The van der Waals surface area contributed by atoms with Crippen molar-refractivity contribution in [2.45, 2.75) is 106 Å². The van der Waals surface area contributed by atoms with Gasteiger partial charge in [-0.1, -0.05) is 107 Å². The number of hydrogen-bond acceptors (Lipinski definition) is 0. The largest absolute Gasteiger partial charge is 0.126 e. The van der Waals surface area contributed by atoms with Gasteiger partial charge in [-0.2, -0.15) is 0 Å². The van der Waals surface area contributed by atoms with Crippen molar-refractivity contribution in [2.75, 3.05) is 0 Å². The molecule has 0 rings (SSSR count). The Morgan fingerprint density at radius 2 is 0.724 bits per heavy atom. The van der Waals surface area contributed by atoms with E-state index in [0.29, 0.717) is 23.7 Å². The molecule has 2 unspecified atom stereocenters. The Balaban J connectivity index is -0.000000451. The van der Waals surface area contributed by atoms with Crippen LogP contribution in [0.3, 0.4) is 0 Å². The van der Waals surface area contributed by atoms with Gasteiger partial charge in [0, 0.05) is 30.7 Å². The van der Waals surface area contributed by atoms with Crippen molar-refractivity contribution in [3.05, 3.63) is 24.3 Å². The predicted molar refractivity (Wildman–Crippen MR) is 141 cm³/mol. The quantitative estimate of drug-likeness (QED) is 0.149. The van der Waals surface area contributed by atoms with Gasteiger partial charge in [0.25, 0.3) is 0 Å². The van der Waals surface area contributed by atoms with E-state index in [9.17, 15) is 0 Å². The van der Waals surface area contributed by atoms with Crippen LogP contribution in [0.2, 0.25) is 0 Å². The molecule has 29 heavy (non-hydrogen) atoms. The normalized spacial score (nSPS) is 13.4. The Labute approximate surface area is 204 Å². The maximum absolute atomic E-state index is 3.04. The second kappa shape index (κ2) is 16.6. The molecule has 0 nitrogen and oxygen atoms in total. The summed E-state index contributed by atoms with van der Waals surface area (Å²) in [5.41, 5.74) is 0. The first-order valence-corrected chi connectivity index (χ1v) is 12.7. The summed E-state index contributed by atoms with van der Waals surface area (Å²) < 4.78 is 0. The predicted octanol–water partition coefficient (Wildman–Crippen LogP) is 9.03. The van der Waals surface area contributed by atoms with E-state index in [4.69, 9.17) is 0 Å². The average molecular weight is 535 g/mol. The van der Waals surface area contributed by atoms with Gasteiger partial charge in [-0.3, -0.25) is 0 Å². The molecule has 0 N–H and O–H groups in total. The Hall–Kier alpha value is 1.00. The Morgan fingerprint density at radius 1 is 0.517 bits per heavy atom. The maximum atomic E-state index is 3.04. The van der Waals surface area contributed by atoms with Gasteiger partial charge in [0.15, 0.2) is 0 Å². The zero-order valence-corrected chi connectivity index (χ0v) is 25.5.